The number of hydrogen-bond donors (Lipinski definition) is 1. The van der Waals surface area contributed by atoms with E-state index in [1.54, 1.807) is 23.3 Å². The number of amides is 2. The standard InChI is InChI=1S/C27H30N2O3S/c1-19-7-5-10-22(17-19)29(25(30)18-24-11-6-16-33-24)26(20-12-14-23(32-2)15-13-20)27(31)28-21-8-3-4-9-21/h5-7,10-17,21,26H,3-4,8-9,18H2,1-2H3,(H,28,31). The van der Waals surface area contributed by atoms with Gasteiger partial charge in [-0.3, -0.25) is 14.5 Å². The van der Waals surface area contributed by atoms with Crippen molar-refractivity contribution in [3.05, 3.63) is 82.0 Å². The molecule has 2 aromatic carbocycles. The molecule has 0 spiro atoms. The summed E-state index contributed by atoms with van der Waals surface area (Å²) in [6, 6.07) is 18.5. The molecule has 0 bridgehead atoms. The van der Waals surface area contributed by atoms with E-state index in [0.717, 1.165) is 47.4 Å². The number of nitrogens with zero attached hydrogens (tertiary/aromatic N) is 1. The molecule has 1 aliphatic rings. The quantitative estimate of drug-likeness (QED) is 0.485. The van der Waals surface area contributed by atoms with Crippen molar-refractivity contribution in [2.45, 2.75) is 51.1 Å². The largest absolute Gasteiger partial charge is 0.497 e. The van der Waals surface area contributed by atoms with Gasteiger partial charge in [0.05, 0.1) is 13.5 Å². The Morgan fingerprint density at radius 1 is 1.09 bits per heavy atom. The molecule has 1 atom stereocenters. The van der Waals surface area contributed by atoms with Gasteiger partial charge in [-0.05, 0) is 66.6 Å². The van der Waals surface area contributed by atoms with Crippen LogP contribution in [0.1, 0.15) is 47.7 Å². The number of benzene rings is 2. The highest BCUT2D eigenvalue weighted by Crippen LogP contribution is 2.31. The molecule has 2 amide bonds. The number of carbonyl (C=O) groups excluding carboxylic acids is 2. The molecule has 172 valence electrons. The van der Waals surface area contributed by atoms with E-state index in [0.29, 0.717) is 5.75 Å². The fraction of sp³-hybridized carbons (Fsp3) is 0.333. The number of thiophene rings is 1. The minimum atomic E-state index is -0.772. The van der Waals surface area contributed by atoms with Gasteiger partial charge in [-0.15, -0.1) is 11.3 Å². The molecule has 1 aromatic heterocycles. The van der Waals surface area contributed by atoms with Crippen molar-refractivity contribution in [1.82, 2.24) is 5.32 Å². The maximum Gasteiger partial charge on any atom is 0.248 e. The number of methoxy groups -OCH3 is 1. The lowest BCUT2D eigenvalue weighted by Crippen LogP contribution is -2.46. The first kappa shape index (κ1) is 23.1. The molecule has 0 aliphatic heterocycles. The number of nitrogens with one attached hydrogen (secondary N) is 1. The lowest BCUT2D eigenvalue weighted by Gasteiger charge is -2.32. The van der Waals surface area contributed by atoms with Gasteiger partial charge in [0.1, 0.15) is 11.8 Å². The zero-order valence-corrected chi connectivity index (χ0v) is 19.9. The Labute approximate surface area is 199 Å². The van der Waals surface area contributed by atoms with E-state index in [1.165, 1.54) is 0 Å². The van der Waals surface area contributed by atoms with Crippen molar-refractivity contribution in [1.29, 1.82) is 0 Å². The molecular weight excluding hydrogens is 432 g/mol. The van der Waals surface area contributed by atoms with Crippen molar-refractivity contribution in [3.8, 4) is 5.75 Å². The van der Waals surface area contributed by atoms with E-state index < -0.39 is 6.04 Å². The Morgan fingerprint density at radius 3 is 2.48 bits per heavy atom. The van der Waals surface area contributed by atoms with Crippen molar-refractivity contribution in [3.63, 3.8) is 0 Å². The van der Waals surface area contributed by atoms with Crippen molar-refractivity contribution in [2.24, 2.45) is 0 Å². The van der Waals surface area contributed by atoms with Crippen molar-refractivity contribution in [2.75, 3.05) is 12.0 Å². The number of hydrogen-bond acceptors (Lipinski definition) is 4. The second kappa shape index (κ2) is 10.7. The molecule has 33 heavy (non-hydrogen) atoms. The smallest absolute Gasteiger partial charge is 0.248 e. The first-order chi connectivity index (χ1) is 16.0. The van der Waals surface area contributed by atoms with Gasteiger partial charge in [-0.25, -0.2) is 0 Å². The van der Waals surface area contributed by atoms with Gasteiger partial charge in [-0.2, -0.15) is 0 Å². The van der Waals surface area contributed by atoms with Crippen LogP contribution in [0.5, 0.6) is 5.75 Å². The Morgan fingerprint density at radius 2 is 1.85 bits per heavy atom. The number of ether oxygens (including phenoxy) is 1. The van der Waals surface area contributed by atoms with E-state index in [1.807, 2.05) is 73.0 Å². The highest BCUT2D eigenvalue weighted by Gasteiger charge is 2.34. The van der Waals surface area contributed by atoms with E-state index in [2.05, 4.69) is 5.32 Å². The zero-order valence-electron chi connectivity index (χ0n) is 19.1. The normalized spacial score (nSPS) is 14.6. The fourth-order valence-electron chi connectivity index (χ4n) is 4.42. The molecular formula is C27H30N2O3S. The van der Waals surface area contributed by atoms with Gasteiger partial charge in [0.15, 0.2) is 0 Å². The number of anilines is 1. The zero-order chi connectivity index (χ0) is 23.2. The van der Waals surface area contributed by atoms with Crippen LogP contribution in [0.25, 0.3) is 0 Å². The van der Waals surface area contributed by atoms with Gasteiger partial charge in [0.25, 0.3) is 0 Å². The minimum absolute atomic E-state index is 0.106. The van der Waals surface area contributed by atoms with Crippen LogP contribution in [-0.4, -0.2) is 25.0 Å². The summed E-state index contributed by atoms with van der Waals surface area (Å²) in [5.41, 5.74) is 2.51. The lowest BCUT2D eigenvalue weighted by molar-refractivity contribution is -0.127. The Bertz CT molecular complexity index is 1070. The van der Waals surface area contributed by atoms with Gasteiger partial charge >= 0.3 is 0 Å². The number of carbonyl (C=O) groups is 2. The highest BCUT2D eigenvalue weighted by molar-refractivity contribution is 7.10. The van der Waals surface area contributed by atoms with Gasteiger partial charge < -0.3 is 10.1 Å². The molecule has 1 saturated carbocycles. The van der Waals surface area contributed by atoms with Crippen LogP contribution in [0.4, 0.5) is 5.69 Å². The first-order valence-corrected chi connectivity index (χ1v) is 12.3. The highest BCUT2D eigenvalue weighted by atomic mass is 32.1. The number of aryl methyl sites for hydroxylation is 1. The van der Waals surface area contributed by atoms with Crippen molar-refractivity contribution < 1.29 is 14.3 Å². The predicted octanol–water partition coefficient (Wildman–Crippen LogP) is 5.44. The molecule has 1 fully saturated rings. The average Bonchev–Trinajstić information content (AvgIpc) is 3.52. The summed E-state index contributed by atoms with van der Waals surface area (Å²) in [4.78, 5) is 30.1. The van der Waals surface area contributed by atoms with E-state index >= 15 is 0 Å². The van der Waals surface area contributed by atoms with Crippen LogP contribution in [0.2, 0.25) is 0 Å². The van der Waals surface area contributed by atoms with Crippen molar-refractivity contribution >= 4 is 28.8 Å². The summed E-state index contributed by atoms with van der Waals surface area (Å²) in [6.07, 6.45) is 4.45. The maximum absolute atomic E-state index is 13.7. The van der Waals surface area contributed by atoms with E-state index in [-0.39, 0.29) is 24.3 Å². The molecule has 6 heteroatoms. The minimum Gasteiger partial charge on any atom is -0.497 e. The topological polar surface area (TPSA) is 58.6 Å². The lowest BCUT2D eigenvalue weighted by atomic mass is 10.0. The molecule has 0 radical (unpaired) electrons. The monoisotopic (exact) mass is 462 g/mol. The van der Waals surface area contributed by atoms with Crippen LogP contribution >= 0.6 is 11.3 Å². The molecule has 1 aliphatic carbocycles. The Kier molecular flexibility index (Phi) is 7.45. The Hall–Kier alpha value is -3.12. The third kappa shape index (κ3) is 5.63. The third-order valence-electron chi connectivity index (χ3n) is 6.09. The van der Waals surface area contributed by atoms with Crippen LogP contribution in [0, 0.1) is 6.92 Å². The predicted molar refractivity (Wildman–Crippen MR) is 133 cm³/mol. The van der Waals surface area contributed by atoms with Gasteiger partial charge in [0.2, 0.25) is 11.8 Å². The molecule has 4 rings (SSSR count). The second-order valence-corrected chi connectivity index (χ2v) is 9.56. The first-order valence-electron chi connectivity index (χ1n) is 11.4. The van der Waals surface area contributed by atoms with Crippen LogP contribution in [0.3, 0.4) is 0 Å². The molecule has 0 saturated heterocycles. The summed E-state index contributed by atoms with van der Waals surface area (Å²) >= 11 is 1.55. The average molecular weight is 463 g/mol. The summed E-state index contributed by atoms with van der Waals surface area (Å²) in [6.45, 7) is 1.99. The van der Waals surface area contributed by atoms with Crippen LogP contribution in [-0.2, 0) is 16.0 Å². The Balaban J connectivity index is 1.76. The summed E-state index contributed by atoms with van der Waals surface area (Å²) in [5.74, 6) is 0.458. The van der Waals surface area contributed by atoms with Gasteiger partial charge in [-0.1, -0.05) is 43.2 Å². The van der Waals surface area contributed by atoms with Crippen LogP contribution < -0.4 is 15.0 Å². The number of rotatable bonds is 8. The maximum atomic E-state index is 13.7. The van der Waals surface area contributed by atoms with E-state index in [4.69, 9.17) is 4.74 Å². The van der Waals surface area contributed by atoms with E-state index in [9.17, 15) is 9.59 Å². The summed E-state index contributed by atoms with van der Waals surface area (Å²) in [7, 11) is 1.61. The molecule has 1 N–H and O–H groups in total. The summed E-state index contributed by atoms with van der Waals surface area (Å²) < 4.78 is 5.32. The SMILES string of the molecule is COc1ccc(C(C(=O)NC2CCCC2)N(C(=O)Cc2cccs2)c2cccc(C)c2)cc1. The molecule has 1 unspecified atom stereocenters. The second-order valence-electron chi connectivity index (χ2n) is 8.52. The molecule has 5 nitrogen and oxygen atoms in total. The van der Waals surface area contributed by atoms with Gasteiger partial charge in [0, 0.05) is 16.6 Å². The fourth-order valence-corrected chi connectivity index (χ4v) is 5.11. The van der Waals surface area contributed by atoms with Crippen LogP contribution in [0.15, 0.2) is 66.0 Å². The molecule has 3 aromatic rings. The molecule has 1 heterocycles. The summed E-state index contributed by atoms with van der Waals surface area (Å²) in [5, 5.41) is 5.19. The third-order valence-corrected chi connectivity index (χ3v) is 6.97.